The number of aromatic nitrogens is 1. The number of hydrogen-bond donors (Lipinski definition) is 3. The predicted octanol–water partition coefficient (Wildman–Crippen LogP) is 4.98. The van der Waals surface area contributed by atoms with Crippen LogP contribution < -0.4 is 16.0 Å². The van der Waals surface area contributed by atoms with Crippen molar-refractivity contribution in [2.24, 2.45) is 11.8 Å². The van der Waals surface area contributed by atoms with E-state index in [-0.39, 0.29) is 47.9 Å². The van der Waals surface area contributed by atoms with E-state index in [9.17, 15) is 24.0 Å². The lowest BCUT2D eigenvalue weighted by Gasteiger charge is -2.46. The number of rotatable bonds is 21. The summed E-state index contributed by atoms with van der Waals surface area (Å²) in [4.78, 5) is 71.3. The minimum atomic E-state index is -0.936. The fraction of sp³-hybridized carbons (Fsp3) is 0.632. The SMILES string of the molecule is CNCCCCCC(=O)NC1(C(=O)N(C)[C@H](C[C@@H](OC(C)=O)c2nc(C(=O)N[C@@H](Cc3ccccc3)C[C@H](C)C(=O)OC)cs2)C(C)C)CCC1. The van der Waals surface area contributed by atoms with E-state index in [1.54, 1.807) is 24.3 Å². The number of methoxy groups -OCH3 is 1. The van der Waals surface area contributed by atoms with Gasteiger partial charge in [-0.05, 0) is 70.0 Å². The van der Waals surface area contributed by atoms with Gasteiger partial charge in [-0.25, -0.2) is 4.98 Å². The lowest BCUT2D eigenvalue weighted by Crippen LogP contribution is -2.64. The number of amides is 3. The van der Waals surface area contributed by atoms with Crippen LogP contribution in [0.5, 0.6) is 0 Å². The number of carbonyl (C=O) groups excluding carboxylic acids is 5. The maximum atomic E-state index is 14.0. The molecular formula is C38H57N5O7S. The third-order valence-electron chi connectivity index (χ3n) is 9.61. The lowest BCUT2D eigenvalue weighted by atomic mass is 9.75. The molecule has 3 N–H and O–H groups in total. The molecule has 1 aromatic carbocycles. The monoisotopic (exact) mass is 727 g/mol. The normalized spacial score (nSPS) is 15.8. The summed E-state index contributed by atoms with van der Waals surface area (Å²) in [5, 5.41) is 11.3. The fourth-order valence-corrected chi connectivity index (χ4v) is 7.46. The van der Waals surface area contributed by atoms with E-state index in [2.05, 4.69) is 20.9 Å². The van der Waals surface area contributed by atoms with E-state index in [0.29, 0.717) is 37.1 Å². The molecule has 3 amide bonds. The predicted molar refractivity (Wildman–Crippen MR) is 197 cm³/mol. The summed E-state index contributed by atoms with van der Waals surface area (Å²) in [7, 11) is 4.99. The molecule has 2 aromatic rings. The average Bonchev–Trinajstić information content (AvgIpc) is 3.58. The number of ether oxygens (including phenoxy) is 2. The molecule has 0 spiro atoms. The van der Waals surface area contributed by atoms with E-state index >= 15 is 0 Å². The zero-order chi connectivity index (χ0) is 37.6. The highest BCUT2D eigenvalue weighted by atomic mass is 32.1. The van der Waals surface area contributed by atoms with E-state index in [1.807, 2.05) is 51.2 Å². The molecule has 1 saturated carbocycles. The Morgan fingerprint density at radius 3 is 2.31 bits per heavy atom. The van der Waals surface area contributed by atoms with Gasteiger partial charge in [-0.2, -0.15) is 0 Å². The molecule has 1 fully saturated rings. The van der Waals surface area contributed by atoms with Crippen molar-refractivity contribution in [1.82, 2.24) is 25.8 Å². The van der Waals surface area contributed by atoms with Crippen LogP contribution in [0.15, 0.2) is 35.7 Å². The minimum absolute atomic E-state index is 0.0183. The summed E-state index contributed by atoms with van der Waals surface area (Å²) in [6, 6.07) is 8.97. The Kier molecular flexibility index (Phi) is 16.5. The maximum absolute atomic E-state index is 14.0. The van der Waals surface area contributed by atoms with Crippen LogP contribution in [0, 0.1) is 11.8 Å². The topological polar surface area (TPSA) is 156 Å². The van der Waals surface area contributed by atoms with Gasteiger partial charge in [0.2, 0.25) is 11.8 Å². The molecule has 1 aliphatic carbocycles. The van der Waals surface area contributed by atoms with Crippen LogP contribution in [0.25, 0.3) is 0 Å². The molecule has 0 saturated heterocycles. The molecule has 282 valence electrons. The zero-order valence-electron chi connectivity index (χ0n) is 31.3. The first-order valence-electron chi connectivity index (χ1n) is 18.1. The summed E-state index contributed by atoms with van der Waals surface area (Å²) in [6.07, 6.45) is 5.41. The van der Waals surface area contributed by atoms with Gasteiger partial charge in [-0.15, -0.1) is 11.3 Å². The number of esters is 2. The average molecular weight is 728 g/mol. The molecule has 13 heteroatoms. The van der Waals surface area contributed by atoms with Gasteiger partial charge in [0.1, 0.15) is 16.2 Å². The summed E-state index contributed by atoms with van der Waals surface area (Å²) in [5.41, 5.74) is 0.244. The largest absolute Gasteiger partial charge is 0.469 e. The molecule has 3 rings (SSSR count). The second-order valence-corrected chi connectivity index (χ2v) is 14.9. The molecule has 12 nitrogen and oxygen atoms in total. The zero-order valence-corrected chi connectivity index (χ0v) is 32.1. The summed E-state index contributed by atoms with van der Waals surface area (Å²) in [5.74, 6) is -1.98. The number of carbonyl (C=O) groups is 5. The van der Waals surface area contributed by atoms with Crippen LogP contribution in [0.3, 0.4) is 0 Å². The fourth-order valence-electron chi connectivity index (χ4n) is 6.62. The van der Waals surface area contributed by atoms with Crippen LogP contribution >= 0.6 is 11.3 Å². The Morgan fingerprint density at radius 1 is 1.02 bits per heavy atom. The number of likely N-dealkylation sites (N-methyl/N-ethyl adjacent to an activating group) is 1. The van der Waals surface area contributed by atoms with Crippen LogP contribution in [0.1, 0.15) is 113 Å². The van der Waals surface area contributed by atoms with Gasteiger partial charge >= 0.3 is 11.9 Å². The number of thiazole rings is 1. The van der Waals surface area contributed by atoms with Gasteiger partial charge in [-0.3, -0.25) is 24.0 Å². The Bertz CT molecular complexity index is 1440. The number of hydrogen-bond acceptors (Lipinski definition) is 10. The van der Waals surface area contributed by atoms with Crippen molar-refractivity contribution >= 4 is 41.0 Å². The van der Waals surface area contributed by atoms with Crippen LogP contribution in [0.4, 0.5) is 0 Å². The summed E-state index contributed by atoms with van der Waals surface area (Å²) in [6.45, 7) is 7.99. The first-order valence-corrected chi connectivity index (χ1v) is 19.0. The van der Waals surface area contributed by atoms with Gasteiger partial charge < -0.3 is 30.3 Å². The van der Waals surface area contributed by atoms with Crippen molar-refractivity contribution in [1.29, 1.82) is 0 Å². The van der Waals surface area contributed by atoms with Gasteiger partial charge in [0.25, 0.3) is 5.91 Å². The highest BCUT2D eigenvalue weighted by Gasteiger charge is 2.48. The third-order valence-corrected chi connectivity index (χ3v) is 10.5. The van der Waals surface area contributed by atoms with Gasteiger partial charge in [0.15, 0.2) is 6.10 Å². The summed E-state index contributed by atoms with van der Waals surface area (Å²) >= 11 is 1.21. The first kappa shape index (κ1) is 41.6. The molecule has 1 aliphatic rings. The number of nitrogens with one attached hydrogen (secondary N) is 3. The van der Waals surface area contributed by atoms with Crippen LogP contribution in [-0.4, -0.2) is 84.9 Å². The highest BCUT2D eigenvalue weighted by molar-refractivity contribution is 7.09. The number of benzene rings is 1. The van der Waals surface area contributed by atoms with Crippen molar-refractivity contribution in [2.45, 2.75) is 116 Å². The van der Waals surface area contributed by atoms with Crippen molar-refractivity contribution in [3.05, 3.63) is 52.0 Å². The molecule has 1 heterocycles. The Hall–Kier alpha value is -3.84. The molecule has 4 atom stereocenters. The molecule has 0 aliphatic heterocycles. The quantitative estimate of drug-likeness (QED) is 0.119. The Balaban J connectivity index is 1.75. The molecular weight excluding hydrogens is 671 g/mol. The molecule has 1 aromatic heterocycles. The molecule has 0 radical (unpaired) electrons. The second kappa shape index (κ2) is 20.3. The van der Waals surface area contributed by atoms with Gasteiger partial charge in [0, 0.05) is 44.3 Å². The molecule has 0 bridgehead atoms. The minimum Gasteiger partial charge on any atom is -0.469 e. The van der Waals surface area contributed by atoms with E-state index < -0.39 is 29.4 Å². The van der Waals surface area contributed by atoms with Crippen LogP contribution in [-0.2, 0) is 35.1 Å². The molecule has 0 unspecified atom stereocenters. The van der Waals surface area contributed by atoms with E-state index in [4.69, 9.17) is 9.47 Å². The standard InChI is InChI=1S/C38H57N5O7S/c1-25(2)31(43(6)37(48)38(18-14-19-38)42-33(45)17-12-9-13-20-39-5)23-32(50-27(4)44)35-41-30(24-51-35)34(46)40-29(21-26(3)36(47)49-7)22-28-15-10-8-11-16-28/h8,10-11,15-16,24-26,29,31-32,39H,9,12-14,17-23H2,1-7H3,(H,40,46)(H,42,45)/t26-,29+,31+,32+/m0/s1. The first-order chi connectivity index (χ1) is 24.3. The van der Waals surface area contributed by atoms with Gasteiger partial charge in [0.05, 0.1) is 13.0 Å². The summed E-state index contributed by atoms with van der Waals surface area (Å²) < 4.78 is 10.7. The highest BCUT2D eigenvalue weighted by Crippen LogP contribution is 2.37. The lowest BCUT2D eigenvalue weighted by molar-refractivity contribution is -0.151. The van der Waals surface area contributed by atoms with Crippen molar-refractivity contribution < 1.29 is 33.4 Å². The Labute approximate surface area is 306 Å². The van der Waals surface area contributed by atoms with Gasteiger partial charge in [-0.1, -0.05) is 57.5 Å². The second-order valence-electron chi connectivity index (χ2n) is 14.1. The molecule has 51 heavy (non-hydrogen) atoms. The maximum Gasteiger partial charge on any atom is 0.308 e. The van der Waals surface area contributed by atoms with Crippen molar-refractivity contribution in [3.8, 4) is 0 Å². The van der Waals surface area contributed by atoms with Crippen LogP contribution in [0.2, 0.25) is 0 Å². The van der Waals surface area contributed by atoms with Crippen molar-refractivity contribution in [3.63, 3.8) is 0 Å². The number of unbranched alkanes of at least 4 members (excludes halogenated alkanes) is 2. The van der Waals surface area contributed by atoms with Crippen molar-refractivity contribution in [2.75, 3.05) is 27.7 Å². The third kappa shape index (κ3) is 12.4. The Morgan fingerprint density at radius 2 is 1.73 bits per heavy atom. The smallest absolute Gasteiger partial charge is 0.308 e. The van der Waals surface area contributed by atoms with E-state index in [0.717, 1.165) is 37.8 Å². The van der Waals surface area contributed by atoms with E-state index in [1.165, 1.54) is 25.4 Å². The number of nitrogens with zero attached hydrogens (tertiary/aromatic N) is 2.